The molecule has 1 atom stereocenters. The van der Waals surface area contributed by atoms with Gasteiger partial charge in [-0.2, -0.15) is 0 Å². The third-order valence-electron chi connectivity index (χ3n) is 3.85. The molecule has 0 saturated heterocycles. The van der Waals surface area contributed by atoms with Gasteiger partial charge in [0.05, 0.1) is 18.3 Å². The number of hydrogen-bond acceptors (Lipinski definition) is 3. The second-order valence-corrected chi connectivity index (χ2v) is 6.50. The van der Waals surface area contributed by atoms with Crippen LogP contribution in [0, 0.1) is 12.7 Å². The molecule has 2 heterocycles. The molecule has 0 fully saturated rings. The number of aryl methyl sites for hydroxylation is 1. The highest BCUT2D eigenvalue weighted by molar-refractivity contribution is 14.0. The van der Waals surface area contributed by atoms with Crippen LogP contribution in [0.4, 0.5) is 4.39 Å². The Morgan fingerprint density at radius 1 is 1.44 bits per heavy atom. The van der Waals surface area contributed by atoms with Gasteiger partial charge in [-0.05, 0) is 31.0 Å². The van der Waals surface area contributed by atoms with Gasteiger partial charge in [0.1, 0.15) is 5.82 Å². The average molecular weight is 473 g/mol. The van der Waals surface area contributed by atoms with Crippen LogP contribution in [0.2, 0.25) is 0 Å². The van der Waals surface area contributed by atoms with Crippen molar-refractivity contribution in [2.45, 2.75) is 26.4 Å². The summed E-state index contributed by atoms with van der Waals surface area (Å²) in [7, 11) is 1.71. The van der Waals surface area contributed by atoms with Crippen LogP contribution in [0.5, 0.6) is 0 Å². The first kappa shape index (κ1) is 19.6. The smallest absolute Gasteiger partial charge is 0.193 e. The number of thiazole rings is 1. The van der Waals surface area contributed by atoms with Crippen molar-refractivity contribution in [3.8, 4) is 0 Å². The van der Waals surface area contributed by atoms with E-state index < -0.39 is 0 Å². The summed E-state index contributed by atoms with van der Waals surface area (Å²) >= 11 is 1.60. The molecule has 0 spiro atoms. The van der Waals surface area contributed by atoms with E-state index >= 15 is 0 Å². The third kappa shape index (κ3) is 4.69. The summed E-state index contributed by atoms with van der Waals surface area (Å²) in [6.45, 7) is 4.31. The number of nitrogens with zero attached hydrogens (tertiary/aromatic N) is 3. The topological polar surface area (TPSA) is 53.7 Å². The molecule has 0 aliphatic carbocycles. The van der Waals surface area contributed by atoms with Crippen molar-refractivity contribution in [1.29, 1.82) is 0 Å². The molecule has 2 N–H and O–H groups in total. The van der Waals surface area contributed by atoms with E-state index in [2.05, 4.69) is 20.6 Å². The maximum absolute atomic E-state index is 13.7. The Labute approximate surface area is 167 Å². The van der Waals surface area contributed by atoms with Gasteiger partial charge in [0.2, 0.25) is 0 Å². The molecule has 1 aromatic carbocycles. The Balaban J connectivity index is 0.00000225. The number of fused-ring (bicyclic) bond motifs is 1. The number of aliphatic imine (C=N–C) groups is 1. The summed E-state index contributed by atoms with van der Waals surface area (Å²) in [4.78, 5) is 9.71. The summed E-state index contributed by atoms with van der Waals surface area (Å²) < 4.78 is 15.7. The molecule has 5 nitrogen and oxygen atoms in total. The van der Waals surface area contributed by atoms with E-state index in [9.17, 15) is 4.39 Å². The minimum Gasteiger partial charge on any atom is -0.351 e. The molecule has 0 aliphatic rings. The Morgan fingerprint density at radius 2 is 2.24 bits per heavy atom. The summed E-state index contributed by atoms with van der Waals surface area (Å²) in [5, 5.41) is 8.51. The largest absolute Gasteiger partial charge is 0.351 e. The van der Waals surface area contributed by atoms with Gasteiger partial charge < -0.3 is 10.6 Å². The van der Waals surface area contributed by atoms with Crippen molar-refractivity contribution in [3.63, 3.8) is 0 Å². The predicted octanol–water partition coefficient (Wildman–Crippen LogP) is 3.89. The van der Waals surface area contributed by atoms with Crippen molar-refractivity contribution in [3.05, 3.63) is 58.6 Å². The Hall–Kier alpha value is -1.68. The van der Waals surface area contributed by atoms with Gasteiger partial charge in [0, 0.05) is 24.8 Å². The molecule has 0 bridgehead atoms. The first-order valence-corrected chi connectivity index (χ1v) is 8.59. The molecule has 3 rings (SSSR count). The highest BCUT2D eigenvalue weighted by Crippen LogP contribution is 2.16. The zero-order valence-corrected chi connectivity index (χ0v) is 17.4. The molecule has 1 unspecified atom stereocenters. The van der Waals surface area contributed by atoms with E-state index in [0.29, 0.717) is 18.1 Å². The van der Waals surface area contributed by atoms with Crippen molar-refractivity contribution < 1.29 is 4.39 Å². The fourth-order valence-corrected chi connectivity index (χ4v) is 3.12. The van der Waals surface area contributed by atoms with Crippen LogP contribution >= 0.6 is 35.3 Å². The van der Waals surface area contributed by atoms with E-state index in [-0.39, 0.29) is 35.8 Å². The number of nitrogens with one attached hydrogen (secondary N) is 2. The van der Waals surface area contributed by atoms with Crippen LogP contribution in [0.15, 0.2) is 41.0 Å². The number of benzene rings is 1. The monoisotopic (exact) mass is 473 g/mol. The zero-order chi connectivity index (χ0) is 17.1. The molecular weight excluding hydrogens is 452 g/mol. The van der Waals surface area contributed by atoms with Gasteiger partial charge in [0.25, 0.3) is 0 Å². The maximum Gasteiger partial charge on any atom is 0.193 e. The molecular formula is C17H21FIN5S. The lowest BCUT2D eigenvalue weighted by Gasteiger charge is -2.18. The van der Waals surface area contributed by atoms with Gasteiger partial charge in [-0.3, -0.25) is 9.39 Å². The van der Waals surface area contributed by atoms with Crippen LogP contribution < -0.4 is 10.6 Å². The lowest BCUT2D eigenvalue weighted by Crippen LogP contribution is -2.38. The Bertz CT molecular complexity index is 844. The predicted molar refractivity (Wildman–Crippen MR) is 111 cm³/mol. The van der Waals surface area contributed by atoms with E-state index in [1.807, 2.05) is 35.2 Å². The van der Waals surface area contributed by atoms with E-state index in [1.165, 1.54) is 0 Å². The molecule has 8 heteroatoms. The number of aromatic nitrogens is 2. The minimum atomic E-state index is -0.192. The number of hydrogen-bond donors (Lipinski definition) is 2. The third-order valence-corrected chi connectivity index (χ3v) is 4.62. The van der Waals surface area contributed by atoms with E-state index in [0.717, 1.165) is 16.2 Å². The average Bonchev–Trinajstić information content (AvgIpc) is 3.15. The maximum atomic E-state index is 13.7. The van der Waals surface area contributed by atoms with Gasteiger partial charge >= 0.3 is 0 Å². The van der Waals surface area contributed by atoms with E-state index in [1.54, 1.807) is 37.4 Å². The first-order valence-electron chi connectivity index (χ1n) is 7.71. The lowest BCUT2D eigenvalue weighted by atomic mass is 10.1. The summed E-state index contributed by atoms with van der Waals surface area (Å²) in [5.74, 6) is 0.460. The quantitative estimate of drug-likeness (QED) is 0.344. The fraction of sp³-hybridized carbons (Fsp3) is 0.294. The molecule has 0 radical (unpaired) electrons. The van der Waals surface area contributed by atoms with Crippen LogP contribution in [-0.2, 0) is 6.54 Å². The first-order chi connectivity index (χ1) is 11.6. The summed E-state index contributed by atoms with van der Waals surface area (Å²) in [6.07, 6.45) is 3.97. The van der Waals surface area contributed by atoms with Crippen molar-refractivity contribution in [1.82, 2.24) is 20.0 Å². The normalized spacial score (nSPS) is 12.7. The highest BCUT2D eigenvalue weighted by atomic mass is 127. The summed E-state index contributed by atoms with van der Waals surface area (Å²) in [6, 6.07) is 5.21. The lowest BCUT2D eigenvalue weighted by molar-refractivity contribution is 0.607. The minimum absolute atomic E-state index is 0. The number of rotatable bonds is 4. The van der Waals surface area contributed by atoms with Crippen LogP contribution in [0.25, 0.3) is 4.96 Å². The molecule has 25 heavy (non-hydrogen) atoms. The molecule has 134 valence electrons. The molecule has 3 aromatic rings. The second kappa shape index (κ2) is 8.61. The number of guanidine groups is 1. The Kier molecular flexibility index (Phi) is 6.77. The van der Waals surface area contributed by atoms with Crippen LogP contribution in [0.3, 0.4) is 0 Å². The number of imidazole rings is 1. The zero-order valence-electron chi connectivity index (χ0n) is 14.3. The van der Waals surface area contributed by atoms with Crippen molar-refractivity contribution in [2.24, 2.45) is 4.99 Å². The molecule has 0 aliphatic heterocycles. The standard InChI is InChI=1S/C17H20FN5S.HI/c1-11-4-5-13(8-15(11)18)12(2)21-16(19-3)20-9-14-10-23-6-7-24-17(23)22-14;/h4-8,10,12H,9H2,1-3H3,(H2,19,20,21);1H. The second-order valence-electron chi connectivity index (χ2n) is 5.63. The van der Waals surface area contributed by atoms with Gasteiger partial charge in [-0.25, -0.2) is 9.37 Å². The van der Waals surface area contributed by atoms with Crippen LogP contribution in [0.1, 0.15) is 29.8 Å². The summed E-state index contributed by atoms with van der Waals surface area (Å²) in [5.41, 5.74) is 2.47. The van der Waals surface area contributed by atoms with Crippen molar-refractivity contribution in [2.75, 3.05) is 7.05 Å². The molecule has 0 saturated carbocycles. The van der Waals surface area contributed by atoms with Crippen molar-refractivity contribution >= 4 is 46.2 Å². The SMILES string of the molecule is CN=C(NCc1cn2ccsc2n1)NC(C)c1ccc(C)c(F)c1.I. The Morgan fingerprint density at radius 3 is 2.92 bits per heavy atom. The van der Waals surface area contributed by atoms with Crippen LogP contribution in [-0.4, -0.2) is 22.4 Å². The molecule has 2 aromatic heterocycles. The number of halogens is 2. The van der Waals surface area contributed by atoms with Gasteiger partial charge in [0.15, 0.2) is 10.9 Å². The van der Waals surface area contributed by atoms with Gasteiger partial charge in [-0.1, -0.05) is 12.1 Å². The molecule has 0 amide bonds. The van der Waals surface area contributed by atoms with E-state index in [4.69, 9.17) is 0 Å². The van der Waals surface area contributed by atoms with Gasteiger partial charge in [-0.15, -0.1) is 35.3 Å². The highest BCUT2D eigenvalue weighted by Gasteiger charge is 2.10. The fourth-order valence-electron chi connectivity index (χ4n) is 2.40.